The molecule has 1 atom stereocenters. The molecule has 0 unspecified atom stereocenters. The molecule has 28 heavy (non-hydrogen) atoms. The SMILES string of the molecule is CN(C)C(=O)Oc1ccc(C[C@H](NC(=O)OCc2ccccc2)C(=O)O)cc1. The largest absolute Gasteiger partial charge is 0.480 e. The van der Waals surface area contributed by atoms with Crippen LogP contribution in [0.4, 0.5) is 9.59 Å². The highest BCUT2D eigenvalue weighted by Gasteiger charge is 2.21. The lowest BCUT2D eigenvalue weighted by Gasteiger charge is -2.15. The van der Waals surface area contributed by atoms with E-state index in [1.165, 1.54) is 4.90 Å². The number of rotatable bonds is 7. The van der Waals surface area contributed by atoms with E-state index in [1.54, 1.807) is 50.5 Å². The Labute approximate surface area is 162 Å². The van der Waals surface area contributed by atoms with Crippen molar-refractivity contribution in [2.45, 2.75) is 19.1 Å². The Morgan fingerprint density at radius 2 is 1.64 bits per heavy atom. The third-order valence-electron chi connectivity index (χ3n) is 3.74. The van der Waals surface area contributed by atoms with Crippen LogP contribution < -0.4 is 10.1 Å². The first kappa shape index (κ1) is 20.8. The van der Waals surface area contributed by atoms with Crippen molar-refractivity contribution in [3.05, 3.63) is 65.7 Å². The van der Waals surface area contributed by atoms with Gasteiger partial charge in [0.1, 0.15) is 18.4 Å². The van der Waals surface area contributed by atoms with E-state index in [9.17, 15) is 19.5 Å². The first-order valence-electron chi connectivity index (χ1n) is 8.53. The molecule has 0 heterocycles. The minimum atomic E-state index is -1.18. The number of aliphatic carboxylic acids is 1. The van der Waals surface area contributed by atoms with Crippen LogP contribution in [0.2, 0.25) is 0 Å². The lowest BCUT2D eigenvalue weighted by Crippen LogP contribution is -2.42. The summed E-state index contributed by atoms with van der Waals surface area (Å²) < 4.78 is 10.2. The Hall–Kier alpha value is -3.55. The van der Waals surface area contributed by atoms with Crippen LogP contribution in [0.3, 0.4) is 0 Å². The van der Waals surface area contributed by atoms with E-state index in [4.69, 9.17) is 9.47 Å². The zero-order valence-electron chi connectivity index (χ0n) is 15.6. The van der Waals surface area contributed by atoms with Gasteiger partial charge in [-0.3, -0.25) is 0 Å². The van der Waals surface area contributed by atoms with Crippen LogP contribution >= 0.6 is 0 Å². The van der Waals surface area contributed by atoms with Crippen LogP contribution in [0.1, 0.15) is 11.1 Å². The quantitative estimate of drug-likeness (QED) is 0.758. The Morgan fingerprint density at radius 1 is 1.00 bits per heavy atom. The second kappa shape index (κ2) is 9.96. The van der Waals surface area contributed by atoms with Crippen LogP contribution in [-0.4, -0.2) is 48.3 Å². The van der Waals surface area contributed by atoms with Crippen LogP contribution in [0, 0.1) is 0 Å². The molecule has 0 aliphatic heterocycles. The van der Waals surface area contributed by atoms with Gasteiger partial charge >= 0.3 is 18.2 Å². The normalized spacial score (nSPS) is 11.2. The average Bonchev–Trinajstić information content (AvgIpc) is 2.68. The molecule has 0 spiro atoms. The first-order chi connectivity index (χ1) is 13.3. The molecule has 8 nitrogen and oxygen atoms in total. The molecule has 0 fully saturated rings. The second-order valence-corrected chi connectivity index (χ2v) is 6.21. The van der Waals surface area contributed by atoms with Gasteiger partial charge in [0.05, 0.1) is 0 Å². The molecule has 0 radical (unpaired) electrons. The molecular weight excluding hydrogens is 364 g/mol. The number of carboxylic acid groups (broad SMARTS) is 1. The second-order valence-electron chi connectivity index (χ2n) is 6.21. The Kier molecular flexibility index (Phi) is 7.38. The molecule has 148 valence electrons. The molecule has 0 saturated heterocycles. The molecule has 2 rings (SSSR count). The Bertz CT molecular complexity index is 805. The predicted molar refractivity (Wildman–Crippen MR) is 101 cm³/mol. The maximum atomic E-state index is 11.9. The van der Waals surface area contributed by atoms with Gasteiger partial charge < -0.3 is 24.8 Å². The van der Waals surface area contributed by atoms with Crippen molar-refractivity contribution in [3.63, 3.8) is 0 Å². The minimum Gasteiger partial charge on any atom is -0.480 e. The number of ether oxygens (including phenoxy) is 2. The lowest BCUT2D eigenvalue weighted by atomic mass is 10.1. The number of amides is 2. The molecular formula is C20H22N2O6. The van der Waals surface area contributed by atoms with Gasteiger partial charge in [-0.2, -0.15) is 0 Å². The highest BCUT2D eigenvalue weighted by molar-refractivity contribution is 5.80. The molecule has 8 heteroatoms. The van der Waals surface area contributed by atoms with Crippen molar-refractivity contribution < 1.29 is 29.0 Å². The van der Waals surface area contributed by atoms with Crippen molar-refractivity contribution in [3.8, 4) is 5.75 Å². The molecule has 0 aromatic heterocycles. The standard InChI is InChI=1S/C20H22N2O6/c1-22(2)20(26)28-16-10-8-14(9-11-16)12-17(18(23)24)21-19(25)27-13-15-6-4-3-5-7-15/h3-11,17H,12-13H2,1-2H3,(H,21,25)(H,23,24)/t17-/m0/s1. The van der Waals surface area contributed by atoms with Crippen molar-refractivity contribution in [2.75, 3.05) is 14.1 Å². The third-order valence-corrected chi connectivity index (χ3v) is 3.74. The summed E-state index contributed by atoms with van der Waals surface area (Å²) in [4.78, 5) is 36.2. The van der Waals surface area contributed by atoms with Crippen molar-refractivity contribution >= 4 is 18.2 Å². The maximum absolute atomic E-state index is 11.9. The average molecular weight is 386 g/mol. The Balaban J connectivity index is 1.90. The van der Waals surface area contributed by atoms with Gasteiger partial charge in [0.15, 0.2) is 0 Å². The van der Waals surface area contributed by atoms with Crippen LogP contribution in [-0.2, 0) is 22.6 Å². The number of carbonyl (C=O) groups excluding carboxylic acids is 2. The van der Waals surface area contributed by atoms with Gasteiger partial charge in [-0.15, -0.1) is 0 Å². The molecule has 2 N–H and O–H groups in total. The van der Waals surface area contributed by atoms with Gasteiger partial charge in [-0.05, 0) is 23.3 Å². The summed E-state index contributed by atoms with van der Waals surface area (Å²) in [6.07, 6.45) is -1.27. The van der Waals surface area contributed by atoms with Gasteiger partial charge in [-0.25, -0.2) is 14.4 Å². The van der Waals surface area contributed by atoms with Crippen LogP contribution in [0.5, 0.6) is 5.75 Å². The van der Waals surface area contributed by atoms with Gasteiger partial charge in [0.2, 0.25) is 0 Å². The van der Waals surface area contributed by atoms with Crippen LogP contribution in [0.25, 0.3) is 0 Å². The van der Waals surface area contributed by atoms with E-state index in [0.29, 0.717) is 11.3 Å². The number of carbonyl (C=O) groups is 3. The summed E-state index contributed by atoms with van der Waals surface area (Å²) in [6.45, 7) is 0.0466. The monoisotopic (exact) mass is 386 g/mol. The molecule has 0 saturated carbocycles. The molecule has 0 aliphatic rings. The predicted octanol–water partition coefficient (Wildman–Crippen LogP) is 2.67. The number of alkyl carbamates (subject to hydrolysis) is 1. The highest BCUT2D eigenvalue weighted by Crippen LogP contribution is 2.14. The topological polar surface area (TPSA) is 105 Å². The molecule has 2 aromatic carbocycles. The zero-order valence-corrected chi connectivity index (χ0v) is 15.6. The van der Waals surface area contributed by atoms with E-state index in [-0.39, 0.29) is 13.0 Å². The number of hydrogen-bond donors (Lipinski definition) is 2. The summed E-state index contributed by atoms with van der Waals surface area (Å²) in [7, 11) is 3.13. The number of benzene rings is 2. The first-order valence-corrected chi connectivity index (χ1v) is 8.53. The minimum absolute atomic E-state index is 0.0466. The lowest BCUT2D eigenvalue weighted by molar-refractivity contribution is -0.139. The summed E-state index contributed by atoms with van der Waals surface area (Å²) in [5, 5.41) is 11.7. The van der Waals surface area contributed by atoms with Crippen molar-refractivity contribution in [1.82, 2.24) is 10.2 Å². The fraction of sp³-hybridized carbons (Fsp3) is 0.250. The van der Waals surface area contributed by atoms with E-state index in [1.807, 2.05) is 18.2 Å². The van der Waals surface area contributed by atoms with Gasteiger partial charge in [0.25, 0.3) is 0 Å². The van der Waals surface area contributed by atoms with E-state index < -0.39 is 24.2 Å². The van der Waals surface area contributed by atoms with E-state index in [0.717, 1.165) is 5.56 Å². The maximum Gasteiger partial charge on any atom is 0.414 e. The highest BCUT2D eigenvalue weighted by atomic mass is 16.6. The number of nitrogens with zero attached hydrogens (tertiary/aromatic N) is 1. The fourth-order valence-electron chi connectivity index (χ4n) is 2.23. The van der Waals surface area contributed by atoms with Gasteiger partial charge in [0, 0.05) is 20.5 Å². The smallest absolute Gasteiger partial charge is 0.414 e. The zero-order chi connectivity index (χ0) is 20.5. The fourth-order valence-corrected chi connectivity index (χ4v) is 2.23. The number of carboxylic acids is 1. The van der Waals surface area contributed by atoms with Gasteiger partial charge in [-0.1, -0.05) is 42.5 Å². The van der Waals surface area contributed by atoms with E-state index >= 15 is 0 Å². The van der Waals surface area contributed by atoms with Crippen molar-refractivity contribution in [2.24, 2.45) is 0 Å². The Morgan fingerprint density at radius 3 is 2.21 bits per heavy atom. The van der Waals surface area contributed by atoms with Crippen molar-refractivity contribution in [1.29, 1.82) is 0 Å². The molecule has 2 aromatic rings. The molecule has 2 amide bonds. The summed E-state index contributed by atoms with van der Waals surface area (Å²) in [5.41, 5.74) is 1.45. The van der Waals surface area contributed by atoms with E-state index in [2.05, 4.69) is 5.32 Å². The summed E-state index contributed by atoms with van der Waals surface area (Å²) >= 11 is 0. The third kappa shape index (κ3) is 6.64. The molecule has 0 aliphatic carbocycles. The summed E-state index contributed by atoms with van der Waals surface area (Å²) in [5.74, 6) is -0.843. The molecule has 0 bridgehead atoms. The number of nitrogens with one attached hydrogen (secondary N) is 1. The van der Waals surface area contributed by atoms with Crippen LogP contribution in [0.15, 0.2) is 54.6 Å². The number of hydrogen-bond acceptors (Lipinski definition) is 5. The summed E-state index contributed by atoms with van der Waals surface area (Å²) in [6, 6.07) is 14.3.